The number of benzene rings is 1. The highest BCUT2D eigenvalue weighted by atomic mass is 14.2. The molecule has 0 heteroatoms. The fraction of sp³-hybridized carbons (Fsp3) is 0.462. The topological polar surface area (TPSA) is 0 Å². The standard InChI is InChI=1S/C13H19/c1-4-13(11(2)3)10-12-8-6-5-7-9-12/h4-9,11,13H,10H2,1-3H3/t13-/m1/s1. The first-order valence-corrected chi connectivity index (χ1v) is 5.07. The van der Waals surface area contributed by atoms with E-state index >= 15 is 0 Å². The highest BCUT2D eigenvalue weighted by Gasteiger charge is 2.11. The van der Waals surface area contributed by atoms with Gasteiger partial charge in [0.2, 0.25) is 0 Å². The average molecular weight is 175 g/mol. The van der Waals surface area contributed by atoms with Crippen LogP contribution in [0.2, 0.25) is 0 Å². The van der Waals surface area contributed by atoms with Crippen molar-refractivity contribution in [1.29, 1.82) is 0 Å². The van der Waals surface area contributed by atoms with Crippen molar-refractivity contribution < 1.29 is 0 Å². The largest absolute Gasteiger partial charge is 0.0625 e. The second kappa shape index (κ2) is 5.06. The van der Waals surface area contributed by atoms with Gasteiger partial charge in [-0.2, -0.15) is 0 Å². The molecule has 0 saturated carbocycles. The molecule has 0 amide bonds. The van der Waals surface area contributed by atoms with Gasteiger partial charge in [-0.15, -0.1) is 0 Å². The Labute approximate surface area is 82.0 Å². The molecule has 0 aliphatic carbocycles. The van der Waals surface area contributed by atoms with E-state index in [0.717, 1.165) is 5.92 Å². The van der Waals surface area contributed by atoms with Crippen LogP contribution in [-0.4, -0.2) is 0 Å². The summed E-state index contributed by atoms with van der Waals surface area (Å²) >= 11 is 0. The Balaban J connectivity index is 2.57. The minimum Gasteiger partial charge on any atom is -0.0625 e. The van der Waals surface area contributed by atoms with Crippen LogP contribution in [0.25, 0.3) is 0 Å². The van der Waals surface area contributed by atoms with Crippen LogP contribution in [0.4, 0.5) is 0 Å². The van der Waals surface area contributed by atoms with Crippen molar-refractivity contribution in [3.8, 4) is 0 Å². The molecule has 0 heterocycles. The van der Waals surface area contributed by atoms with Gasteiger partial charge in [-0.25, -0.2) is 0 Å². The maximum atomic E-state index is 2.32. The molecule has 1 atom stereocenters. The smallest absolute Gasteiger partial charge is 0.0245 e. The van der Waals surface area contributed by atoms with Gasteiger partial charge < -0.3 is 0 Å². The molecule has 1 aromatic carbocycles. The van der Waals surface area contributed by atoms with E-state index in [0.29, 0.717) is 5.92 Å². The van der Waals surface area contributed by atoms with Crippen LogP contribution in [0, 0.1) is 18.3 Å². The van der Waals surface area contributed by atoms with E-state index < -0.39 is 0 Å². The number of hydrogen-bond donors (Lipinski definition) is 0. The Morgan fingerprint density at radius 1 is 1.15 bits per heavy atom. The van der Waals surface area contributed by atoms with Crippen molar-refractivity contribution in [3.05, 3.63) is 42.3 Å². The first-order chi connectivity index (χ1) is 6.24. The summed E-state index contributed by atoms with van der Waals surface area (Å²) in [6, 6.07) is 10.7. The van der Waals surface area contributed by atoms with Crippen molar-refractivity contribution in [2.75, 3.05) is 0 Å². The summed E-state index contributed by atoms with van der Waals surface area (Å²) in [6.07, 6.45) is 3.49. The van der Waals surface area contributed by atoms with E-state index in [9.17, 15) is 0 Å². The molecule has 0 spiro atoms. The third kappa shape index (κ3) is 3.22. The molecule has 0 aliphatic heterocycles. The summed E-state index contributed by atoms with van der Waals surface area (Å²) in [6.45, 7) is 6.73. The summed E-state index contributed by atoms with van der Waals surface area (Å²) < 4.78 is 0. The van der Waals surface area contributed by atoms with Crippen LogP contribution in [0.5, 0.6) is 0 Å². The Hall–Kier alpha value is -0.780. The number of hydrogen-bond acceptors (Lipinski definition) is 0. The van der Waals surface area contributed by atoms with Crippen molar-refractivity contribution in [3.63, 3.8) is 0 Å². The van der Waals surface area contributed by atoms with E-state index in [1.165, 1.54) is 12.0 Å². The highest BCUT2D eigenvalue weighted by Crippen LogP contribution is 2.19. The Morgan fingerprint density at radius 2 is 1.77 bits per heavy atom. The molecule has 0 bridgehead atoms. The zero-order valence-corrected chi connectivity index (χ0v) is 8.83. The third-order valence-corrected chi connectivity index (χ3v) is 2.60. The maximum Gasteiger partial charge on any atom is -0.0245 e. The SMILES string of the molecule is C[CH][C@H](Cc1ccccc1)C(C)C. The molecular weight excluding hydrogens is 156 g/mol. The summed E-state index contributed by atoms with van der Waals surface area (Å²) in [5.41, 5.74) is 1.44. The molecule has 0 unspecified atom stereocenters. The monoisotopic (exact) mass is 175 g/mol. The zero-order valence-electron chi connectivity index (χ0n) is 8.83. The van der Waals surface area contributed by atoms with Crippen molar-refractivity contribution in [2.24, 2.45) is 11.8 Å². The maximum absolute atomic E-state index is 2.32. The second-order valence-electron chi connectivity index (χ2n) is 3.93. The van der Waals surface area contributed by atoms with E-state index in [1.54, 1.807) is 0 Å². The molecule has 71 valence electrons. The minimum absolute atomic E-state index is 0.711. The van der Waals surface area contributed by atoms with Gasteiger partial charge in [0.25, 0.3) is 0 Å². The Bertz CT molecular complexity index is 223. The molecule has 0 fully saturated rings. The molecule has 0 saturated heterocycles. The van der Waals surface area contributed by atoms with E-state index in [4.69, 9.17) is 0 Å². The van der Waals surface area contributed by atoms with E-state index in [1.807, 2.05) is 0 Å². The number of rotatable bonds is 4. The van der Waals surface area contributed by atoms with Crippen LogP contribution >= 0.6 is 0 Å². The molecule has 0 aliphatic rings. The molecule has 1 rings (SSSR count). The van der Waals surface area contributed by atoms with Crippen LogP contribution < -0.4 is 0 Å². The van der Waals surface area contributed by atoms with Gasteiger partial charge in [0.05, 0.1) is 0 Å². The van der Waals surface area contributed by atoms with Crippen LogP contribution in [-0.2, 0) is 6.42 Å². The van der Waals surface area contributed by atoms with E-state index in [-0.39, 0.29) is 0 Å². The predicted molar refractivity (Wildman–Crippen MR) is 58.4 cm³/mol. The van der Waals surface area contributed by atoms with Gasteiger partial charge in [0.15, 0.2) is 0 Å². The summed E-state index contributed by atoms with van der Waals surface area (Å²) in [7, 11) is 0. The highest BCUT2D eigenvalue weighted by molar-refractivity contribution is 5.15. The lowest BCUT2D eigenvalue weighted by Gasteiger charge is -2.18. The van der Waals surface area contributed by atoms with Crippen LogP contribution in [0.1, 0.15) is 26.3 Å². The molecule has 0 nitrogen and oxygen atoms in total. The van der Waals surface area contributed by atoms with Gasteiger partial charge >= 0.3 is 0 Å². The average Bonchev–Trinajstić information content (AvgIpc) is 2.15. The lowest BCUT2D eigenvalue weighted by molar-refractivity contribution is 0.435. The lowest BCUT2D eigenvalue weighted by atomic mass is 9.87. The van der Waals surface area contributed by atoms with Gasteiger partial charge in [0, 0.05) is 0 Å². The summed E-state index contributed by atoms with van der Waals surface area (Å²) in [5, 5.41) is 0. The third-order valence-electron chi connectivity index (χ3n) is 2.60. The van der Waals surface area contributed by atoms with Gasteiger partial charge in [0.1, 0.15) is 0 Å². The molecule has 0 N–H and O–H groups in total. The fourth-order valence-electron chi connectivity index (χ4n) is 1.62. The normalized spacial score (nSPS) is 13.2. The quantitative estimate of drug-likeness (QED) is 0.654. The summed E-state index contributed by atoms with van der Waals surface area (Å²) in [5.74, 6) is 1.45. The minimum atomic E-state index is 0.711. The Kier molecular flexibility index (Phi) is 4.01. The Morgan fingerprint density at radius 3 is 2.23 bits per heavy atom. The van der Waals surface area contributed by atoms with Crippen molar-refractivity contribution >= 4 is 0 Å². The zero-order chi connectivity index (χ0) is 9.68. The summed E-state index contributed by atoms with van der Waals surface area (Å²) in [4.78, 5) is 0. The van der Waals surface area contributed by atoms with Gasteiger partial charge in [-0.3, -0.25) is 0 Å². The second-order valence-corrected chi connectivity index (χ2v) is 3.93. The first-order valence-electron chi connectivity index (χ1n) is 5.07. The fourth-order valence-corrected chi connectivity index (χ4v) is 1.62. The van der Waals surface area contributed by atoms with Gasteiger partial charge in [-0.1, -0.05) is 51.1 Å². The van der Waals surface area contributed by atoms with Crippen LogP contribution in [0.3, 0.4) is 0 Å². The molecule has 13 heavy (non-hydrogen) atoms. The van der Waals surface area contributed by atoms with Gasteiger partial charge in [-0.05, 0) is 30.2 Å². The lowest BCUT2D eigenvalue weighted by Crippen LogP contribution is -2.11. The van der Waals surface area contributed by atoms with E-state index in [2.05, 4.69) is 57.5 Å². The predicted octanol–water partition coefficient (Wildman–Crippen LogP) is 3.73. The van der Waals surface area contributed by atoms with Crippen molar-refractivity contribution in [2.45, 2.75) is 27.2 Å². The van der Waals surface area contributed by atoms with Crippen molar-refractivity contribution in [1.82, 2.24) is 0 Å². The van der Waals surface area contributed by atoms with Crippen LogP contribution in [0.15, 0.2) is 30.3 Å². The molecule has 1 aromatic rings. The molecular formula is C13H19. The first kappa shape index (κ1) is 10.3. The molecule has 0 aromatic heterocycles. The molecule has 1 radical (unpaired) electrons.